The Labute approximate surface area is 67.6 Å². The second-order valence-corrected chi connectivity index (χ2v) is 4.00. The summed E-state index contributed by atoms with van der Waals surface area (Å²) in [6.07, 6.45) is 6.39. The van der Waals surface area contributed by atoms with E-state index in [0.717, 1.165) is 0 Å². The minimum absolute atomic E-state index is 0.168. The summed E-state index contributed by atoms with van der Waals surface area (Å²) >= 11 is 6.19. The predicted molar refractivity (Wildman–Crippen MR) is 46.3 cm³/mol. The molecule has 1 aliphatic rings. The zero-order chi connectivity index (χ0) is 7.78. The van der Waals surface area contributed by atoms with Crippen molar-refractivity contribution in [2.75, 3.05) is 0 Å². The molecule has 0 amide bonds. The second kappa shape index (κ2) is 2.43. The Morgan fingerprint density at radius 3 is 2.60 bits per heavy atom. The van der Waals surface area contributed by atoms with Crippen LogP contribution in [-0.4, -0.2) is 4.87 Å². The first-order chi connectivity index (χ1) is 4.52. The Morgan fingerprint density at radius 1 is 1.60 bits per heavy atom. The number of halogens is 1. The van der Waals surface area contributed by atoms with Gasteiger partial charge in [0, 0.05) is 0 Å². The van der Waals surface area contributed by atoms with Crippen LogP contribution < -0.4 is 0 Å². The molecule has 0 aliphatic heterocycles. The van der Waals surface area contributed by atoms with Crippen LogP contribution in [0.15, 0.2) is 23.8 Å². The second-order valence-electron chi connectivity index (χ2n) is 3.19. The third-order valence-electron chi connectivity index (χ3n) is 2.05. The molecule has 0 radical (unpaired) electrons. The van der Waals surface area contributed by atoms with Crippen molar-refractivity contribution in [3.8, 4) is 0 Å². The monoisotopic (exact) mass is 156 g/mol. The molecular formula is C9H13Cl. The summed E-state index contributed by atoms with van der Waals surface area (Å²) in [5, 5.41) is 0. The quantitative estimate of drug-likeness (QED) is 0.473. The van der Waals surface area contributed by atoms with Crippen LogP contribution in [0.5, 0.6) is 0 Å². The van der Waals surface area contributed by atoms with E-state index in [4.69, 9.17) is 11.6 Å². The van der Waals surface area contributed by atoms with Crippen LogP contribution in [0.2, 0.25) is 0 Å². The number of alkyl halides is 1. The molecule has 56 valence electrons. The lowest BCUT2D eigenvalue weighted by molar-refractivity contribution is 0.585. The molecule has 1 heteroatoms. The lowest BCUT2D eigenvalue weighted by Crippen LogP contribution is -2.24. The average Bonchev–Trinajstić information content (AvgIpc) is 1.78. The fourth-order valence-corrected chi connectivity index (χ4v) is 1.35. The lowest BCUT2D eigenvalue weighted by Gasteiger charge is -2.27. The van der Waals surface area contributed by atoms with Crippen molar-refractivity contribution < 1.29 is 0 Å². The summed E-state index contributed by atoms with van der Waals surface area (Å²) in [7, 11) is 0. The zero-order valence-corrected chi connectivity index (χ0v) is 7.44. The Balaban J connectivity index is 2.88. The molecule has 0 bridgehead atoms. The maximum Gasteiger partial charge on any atom is 0.0663 e. The number of hydrogen-bond acceptors (Lipinski definition) is 0. The first-order valence-electron chi connectivity index (χ1n) is 3.59. The Morgan fingerprint density at radius 2 is 2.20 bits per heavy atom. The molecule has 0 spiro atoms. The van der Waals surface area contributed by atoms with Gasteiger partial charge in [-0.3, -0.25) is 0 Å². The van der Waals surface area contributed by atoms with Crippen molar-refractivity contribution >= 4 is 11.6 Å². The van der Waals surface area contributed by atoms with E-state index in [1.54, 1.807) is 0 Å². The smallest absolute Gasteiger partial charge is 0.0663 e. The summed E-state index contributed by atoms with van der Waals surface area (Å²) in [6, 6.07) is 0. The van der Waals surface area contributed by atoms with Crippen LogP contribution in [0.4, 0.5) is 0 Å². The van der Waals surface area contributed by atoms with Crippen LogP contribution in [0.3, 0.4) is 0 Å². The predicted octanol–water partition coefficient (Wildman–Crippen LogP) is 3.14. The van der Waals surface area contributed by atoms with Gasteiger partial charge in [0.25, 0.3) is 0 Å². The maximum atomic E-state index is 6.19. The van der Waals surface area contributed by atoms with Crippen LogP contribution >= 0.6 is 11.6 Å². The fourth-order valence-electron chi connectivity index (χ4n) is 1.11. The fraction of sp³-hybridized carbons (Fsp3) is 0.556. The molecule has 10 heavy (non-hydrogen) atoms. The van der Waals surface area contributed by atoms with Gasteiger partial charge in [0.05, 0.1) is 4.87 Å². The summed E-state index contributed by atoms with van der Waals surface area (Å²) in [5.41, 5.74) is 1.26. The van der Waals surface area contributed by atoms with Gasteiger partial charge in [-0.25, -0.2) is 0 Å². The summed E-state index contributed by atoms with van der Waals surface area (Å²) in [5.74, 6) is 0.442. The molecule has 2 atom stereocenters. The van der Waals surface area contributed by atoms with Crippen LogP contribution in [0.1, 0.15) is 20.8 Å². The minimum Gasteiger partial charge on any atom is -0.114 e. The standard InChI is InChI=1S/C9H13Cl/c1-7-4-5-8(2)9(3,10)6-7/h4-6,8H,1-3H3. The normalized spacial score (nSPS) is 39.6. The highest BCUT2D eigenvalue weighted by molar-refractivity contribution is 6.25. The van der Waals surface area contributed by atoms with Gasteiger partial charge in [-0.05, 0) is 19.8 Å². The first-order valence-corrected chi connectivity index (χ1v) is 3.97. The van der Waals surface area contributed by atoms with Crippen molar-refractivity contribution in [1.82, 2.24) is 0 Å². The zero-order valence-electron chi connectivity index (χ0n) is 6.69. The molecular weight excluding hydrogens is 144 g/mol. The molecule has 0 heterocycles. The lowest BCUT2D eigenvalue weighted by atomic mass is 9.88. The molecule has 0 aromatic heterocycles. The SMILES string of the molecule is CC1=CC(C)(Cl)C(C)C=C1. The highest BCUT2D eigenvalue weighted by Crippen LogP contribution is 2.32. The third kappa shape index (κ3) is 1.43. The van der Waals surface area contributed by atoms with Crippen LogP contribution in [-0.2, 0) is 0 Å². The molecule has 0 fully saturated rings. The van der Waals surface area contributed by atoms with E-state index in [0.29, 0.717) is 5.92 Å². The Hall–Kier alpha value is -0.230. The highest BCUT2D eigenvalue weighted by Gasteiger charge is 2.25. The molecule has 0 saturated heterocycles. The van der Waals surface area contributed by atoms with E-state index in [1.807, 2.05) is 6.92 Å². The van der Waals surface area contributed by atoms with E-state index in [1.165, 1.54) is 5.57 Å². The summed E-state index contributed by atoms with van der Waals surface area (Å²) in [4.78, 5) is -0.168. The van der Waals surface area contributed by atoms with Crippen molar-refractivity contribution in [2.24, 2.45) is 5.92 Å². The van der Waals surface area contributed by atoms with Crippen LogP contribution in [0, 0.1) is 5.92 Å². The molecule has 0 saturated carbocycles. The van der Waals surface area contributed by atoms with Gasteiger partial charge in [0.15, 0.2) is 0 Å². The highest BCUT2D eigenvalue weighted by atomic mass is 35.5. The van der Waals surface area contributed by atoms with Crippen molar-refractivity contribution in [2.45, 2.75) is 25.6 Å². The molecule has 0 N–H and O–H groups in total. The van der Waals surface area contributed by atoms with E-state index in [2.05, 4.69) is 32.1 Å². The van der Waals surface area contributed by atoms with E-state index in [9.17, 15) is 0 Å². The Kier molecular flexibility index (Phi) is 1.91. The van der Waals surface area contributed by atoms with Crippen molar-refractivity contribution in [3.63, 3.8) is 0 Å². The average molecular weight is 157 g/mol. The number of rotatable bonds is 0. The summed E-state index contributed by atoms with van der Waals surface area (Å²) in [6.45, 7) is 6.25. The molecule has 2 unspecified atom stereocenters. The molecule has 0 aromatic rings. The largest absolute Gasteiger partial charge is 0.114 e. The molecule has 1 rings (SSSR count). The van der Waals surface area contributed by atoms with Gasteiger partial charge in [-0.15, -0.1) is 11.6 Å². The van der Waals surface area contributed by atoms with Gasteiger partial charge in [-0.1, -0.05) is 30.7 Å². The minimum atomic E-state index is -0.168. The van der Waals surface area contributed by atoms with Gasteiger partial charge in [0.1, 0.15) is 0 Å². The van der Waals surface area contributed by atoms with Gasteiger partial charge in [-0.2, -0.15) is 0 Å². The van der Waals surface area contributed by atoms with Crippen LogP contribution in [0.25, 0.3) is 0 Å². The van der Waals surface area contributed by atoms with Gasteiger partial charge < -0.3 is 0 Å². The summed E-state index contributed by atoms with van der Waals surface area (Å²) < 4.78 is 0. The van der Waals surface area contributed by atoms with Gasteiger partial charge >= 0.3 is 0 Å². The topological polar surface area (TPSA) is 0 Å². The Bertz CT molecular complexity index is 187. The first kappa shape index (κ1) is 7.87. The third-order valence-corrected chi connectivity index (χ3v) is 2.50. The van der Waals surface area contributed by atoms with Crippen molar-refractivity contribution in [1.29, 1.82) is 0 Å². The van der Waals surface area contributed by atoms with E-state index >= 15 is 0 Å². The number of allylic oxidation sites excluding steroid dienone is 4. The number of hydrogen-bond donors (Lipinski definition) is 0. The van der Waals surface area contributed by atoms with Gasteiger partial charge in [0.2, 0.25) is 0 Å². The van der Waals surface area contributed by atoms with E-state index in [-0.39, 0.29) is 4.87 Å². The molecule has 0 aromatic carbocycles. The molecule has 1 aliphatic carbocycles. The molecule has 0 nitrogen and oxygen atoms in total. The van der Waals surface area contributed by atoms with Crippen molar-refractivity contribution in [3.05, 3.63) is 23.8 Å². The van der Waals surface area contributed by atoms with E-state index < -0.39 is 0 Å². The maximum absolute atomic E-state index is 6.19.